The molecule has 0 amide bonds. The molecule has 3 heterocycles. The monoisotopic (exact) mass is 440 g/mol. The molecular formula is C21H24N6O3S. The molecule has 1 saturated heterocycles. The molecule has 162 valence electrons. The minimum atomic E-state index is -0.416. The van der Waals surface area contributed by atoms with Gasteiger partial charge in [-0.2, -0.15) is 0 Å². The van der Waals surface area contributed by atoms with Gasteiger partial charge in [-0.15, -0.1) is 10.2 Å². The van der Waals surface area contributed by atoms with E-state index in [-0.39, 0.29) is 0 Å². The van der Waals surface area contributed by atoms with Crippen LogP contribution in [0, 0.1) is 6.92 Å². The van der Waals surface area contributed by atoms with Gasteiger partial charge in [0.05, 0.1) is 13.7 Å². The second kappa shape index (κ2) is 9.25. The third kappa shape index (κ3) is 4.58. The van der Waals surface area contributed by atoms with Crippen LogP contribution >= 0.6 is 11.3 Å². The molecule has 0 N–H and O–H groups in total. The Labute approximate surface area is 184 Å². The summed E-state index contributed by atoms with van der Waals surface area (Å²) in [6.07, 6.45) is 1.56. The quantitative estimate of drug-likeness (QED) is 0.536. The number of anilines is 2. The molecule has 1 fully saturated rings. The number of esters is 1. The molecule has 0 spiro atoms. The van der Waals surface area contributed by atoms with Crippen molar-refractivity contribution in [1.82, 2.24) is 20.2 Å². The lowest BCUT2D eigenvalue weighted by molar-refractivity contribution is 0.0526. The Morgan fingerprint density at radius 3 is 2.42 bits per heavy atom. The molecule has 0 unspecified atom stereocenters. The van der Waals surface area contributed by atoms with E-state index < -0.39 is 5.97 Å². The Bertz CT molecular complexity index is 1050. The fourth-order valence-corrected chi connectivity index (χ4v) is 4.11. The van der Waals surface area contributed by atoms with Crippen molar-refractivity contribution in [1.29, 1.82) is 0 Å². The Morgan fingerprint density at radius 2 is 1.81 bits per heavy atom. The van der Waals surface area contributed by atoms with Crippen LogP contribution < -0.4 is 14.5 Å². The first-order chi connectivity index (χ1) is 15.1. The molecule has 3 aromatic rings. The first-order valence-electron chi connectivity index (χ1n) is 10.1. The normalized spacial score (nSPS) is 13.9. The second-order valence-electron chi connectivity index (χ2n) is 6.96. The number of hydrogen-bond donors (Lipinski definition) is 0. The van der Waals surface area contributed by atoms with Crippen molar-refractivity contribution in [2.45, 2.75) is 13.8 Å². The largest absolute Gasteiger partial charge is 0.497 e. The fraction of sp³-hybridized carbons (Fsp3) is 0.381. The molecule has 0 bridgehead atoms. The van der Waals surface area contributed by atoms with Crippen LogP contribution in [0.3, 0.4) is 0 Å². The summed E-state index contributed by atoms with van der Waals surface area (Å²) in [6.45, 7) is 6.95. The Hall–Kier alpha value is -3.27. The number of nitrogens with zero attached hydrogens (tertiary/aromatic N) is 6. The van der Waals surface area contributed by atoms with Crippen LogP contribution in [-0.4, -0.2) is 66.0 Å². The van der Waals surface area contributed by atoms with Crippen molar-refractivity contribution in [3.05, 3.63) is 41.0 Å². The van der Waals surface area contributed by atoms with Crippen molar-refractivity contribution in [2.75, 3.05) is 49.7 Å². The predicted molar refractivity (Wildman–Crippen MR) is 119 cm³/mol. The van der Waals surface area contributed by atoms with Crippen molar-refractivity contribution in [3.63, 3.8) is 0 Å². The number of ether oxygens (including phenoxy) is 2. The van der Waals surface area contributed by atoms with E-state index in [9.17, 15) is 4.79 Å². The summed E-state index contributed by atoms with van der Waals surface area (Å²) in [5.41, 5.74) is 1.22. The van der Waals surface area contributed by atoms with Gasteiger partial charge in [0.1, 0.15) is 22.1 Å². The van der Waals surface area contributed by atoms with E-state index in [0.29, 0.717) is 36.9 Å². The number of carbonyl (C=O) groups is 1. The van der Waals surface area contributed by atoms with Crippen LogP contribution in [-0.2, 0) is 4.74 Å². The van der Waals surface area contributed by atoms with Gasteiger partial charge in [-0.3, -0.25) is 0 Å². The van der Waals surface area contributed by atoms with Crippen LogP contribution in [0.4, 0.5) is 10.9 Å². The van der Waals surface area contributed by atoms with Crippen molar-refractivity contribution < 1.29 is 14.3 Å². The summed E-state index contributed by atoms with van der Waals surface area (Å²) >= 11 is 1.58. The fourth-order valence-electron chi connectivity index (χ4n) is 3.37. The second-order valence-corrected chi connectivity index (χ2v) is 8.12. The minimum absolute atomic E-state index is 0.294. The number of carbonyl (C=O) groups excluding carboxylic acids is 1. The summed E-state index contributed by atoms with van der Waals surface area (Å²) < 4.78 is 10.5. The summed E-state index contributed by atoms with van der Waals surface area (Å²) in [5.74, 6) is 1.48. The number of benzene rings is 1. The summed E-state index contributed by atoms with van der Waals surface area (Å²) in [6, 6.07) is 7.52. The zero-order valence-corrected chi connectivity index (χ0v) is 18.6. The Balaban J connectivity index is 1.61. The lowest BCUT2D eigenvalue weighted by Crippen LogP contribution is -2.47. The molecule has 0 atom stereocenters. The van der Waals surface area contributed by atoms with Crippen molar-refractivity contribution >= 4 is 28.3 Å². The van der Waals surface area contributed by atoms with E-state index in [1.165, 1.54) is 0 Å². The molecule has 0 radical (unpaired) electrons. The average Bonchev–Trinajstić information content (AvgIpc) is 3.25. The maximum Gasteiger partial charge on any atom is 0.343 e. The molecular weight excluding hydrogens is 416 g/mol. The zero-order chi connectivity index (χ0) is 21.8. The van der Waals surface area contributed by atoms with E-state index in [0.717, 1.165) is 34.5 Å². The van der Waals surface area contributed by atoms with E-state index in [4.69, 9.17) is 14.5 Å². The SMILES string of the molecule is CCOC(=O)c1cnc(-c2ccc(OC)cc2)nc1N1CCN(c2nnc(C)s2)CC1. The number of hydrogen-bond acceptors (Lipinski definition) is 10. The number of piperazine rings is 1. The topological polar surface area (TPSA) is 93.6 Å². The summed E-state index contributed by atoms with van der Waals surface area (Å²) in [5, 5.41) is 10.2. The molecule has 31 heavy (non-hydrogen) atoms. The lowest BCUT2D eigenvalue weighted by Gasteiger charge is -2.35. The highest BCUT2D eigenvalue weighted by Crippen LogP contribution is 2.27. The Kier molecular flexibility index (Phi) is 6.26. The molecule has 10 heteroatoms. The Morgan fingerprint density at radius 1 is 1.10 bits per heavy atom. The molecule has 1 aromatic carbocycles. The number of rotatable bonds is 6. The van der Waals surface area contributed by atoms with Gasteiger partial charge >= 0.3 is 5.97 Å². The molecule has 0 aliphatic carbocycles. The van der Waals surface area contributed by atoms with Crippen LogP contribution in [0.2, 0.25) is 0 Å². The van der Waals surface area contributed by atoms with Gasteiger partial charge in [0, 0.05) is 37.9 Å². The number of aryl methyl sites for hydroxylation is 1. The summed E-state index contributed by atoms with van der Waals surface area (Å²) in [4.78, 5) is 26.0. The van der Waals surface area contributed by atoms with E-state index >= 15 is 0 Å². The standard InChI is InChI=1S/C21H24N6O3S/c1-4-30-20(28)17-13-22-18(15-5-7-16(29-3)8-6-15)23-19(17)26-9-11-27(12-10-26)21-25-24-14(2)31-21/h5-8,13H,4,9-12H2,1-3H3. The van der Waals surface area contributed by atoms with Crippen LogP contribution in [0.1, 0.15) is 22.3 Å². The average molecular weight is 441 g/mol. The third-order valence-electron chi connectivity index (χ3n) is 4.98. The minimum Gasteiger partial charge on any atom is -0.497 e. The maximum atomic E-state index is 12.6. The summed E-state index contributed by atoms with van der Waals surface area (Å²) in [7, 11) is 1.63. The van der Waals surface area contributed by atoms with Crippen LogP contribution in [0.15, 0.2) is 30.5 Å². The van der Waals surface area contributed by atoms with Gasteiger partial charge in [0.2, 0.25) is 5.13 Å². The van der Waals surface area contributed by atoms with Gasteiger partial charge in [0.25, 0.3) is 0 Å². The molecule has 4 rings (SSSR count). The number of aromatic nitrogens is 4. The van der Waals surface area contributed by atoms with E-state index in [1.807, 2.05) is 31.2 Å². The molecule has 0 saturated carbocycles. The first-order valence-corrected chi connectivity index (χ1v) is 10.9. The van der Waals surface area contributed by atoms with Gasteiger partial charge in [-0.25, -0.2) is 14.8 Å². The van der Waals surface area contributed by atoms with Gasteiger partial charge in [-0.1, -0.05) is 11.3 Å². The maximum absolute atomic E-state index is 12.6. The first kappa shape index (κ1) is 21.0. The van der Waals surface area contributed by atoms with E-state index in [2.05, 4.69) is 25.0 Å². The van der Waals surface area contributed by atoms with Gasteiger partial charge in [-0.05, 0) is 38.1 Å². The number of methoxy groups -OCH3 is 1. The third-order valence-corrected chi connectivity index (χ3v) is 5.88. The smallest absolute Gasteiger partial charge is 0.343 e. The highest BCUT2D eigenvalue weighted by atomic mass is 32.1. The molecule has 2 aromatic heterocycles. The van der Waals surface area contributed by atoms with Crippen LogP contribution in [0.5, 0.6) is 5.75 Å². The highest BCUT2D eigenvalue weighted by Gasteiger charge is 2.26. The zero-order valence-electron chi connectivity index (χ0n) is 17.7. The van der Waals surface area contributed by atoms with Crippen LogP contribution in [0.25, 0.3) is 11.4 Å². The predicted octanol–water partition coefficient (Wildman–Crippen LogP) is 2.82. The lowest BCUT2D eigenvalue weighted by atomic mass is 10.2. The molecule has 9 nitrogen and oxygen atoms in total. The van der Waals surface area contributed by atoms with Gasteiger partial charge < -0.3 is 19.3 Å². The van der Waals surface area contributed by atoms with Crippen molar-refractivity contribution in [2.24, 2.45) is 0 Å². The highest BCUT2D eigenvalue weighted by molar-refractivity contribution is 7.15. The van der Waals surface area contributed by atoms with Gasteiger partial charge in [0.15, 0.2) is 5.82 Å². The molecule has 1 aliphatic heterocycles. The molecule has 1 aliphatic rings. The van der Waals surface area contributed by atoms with Crippen molar-refractivity contribution in [3.8, 4) is 17.1 Å². The van der Waals surface area contributed by atoms with E-state index in [1.54, 1.807) is 31.6 Å².